The lowest BCUT2D eigenvalue weighted by atomic mass is 10.1. The largest absolute Gasteiger partial charge is 0.442 e. The molecule has 2 aromatic heterocycles. The van der Waals surface area contributed by atoms with Gasteiger partial charge in [-0.15, -0.1) is 0 Å². The predicted molar refractivity (Wildman–Crippen MR) is 76.7 cm³/mol. The second kappa shape index (κ2) is 5.92. The van der Waals surface area contributed by atoms with Crippen molar-refractivity contribution in [3.05, 3.63) is 39.0 Å². The van der Waals surface area contributed by atoms with Crippen molar-refractivity contribution in [1.29, 1.82) is 0 Å². The molecule has 0 aliphatic rings. The van der Waals surface area contributed by atoms with Crippen molar-refractivity contribution in [1.82, 2.24) is 9.78 Å². The van der Waals surface area contributed by atoms with Crippen molar-refractivity contribution in [2.75, 3.05) is 0 Å². The number of ketones is 1. The van der Waals surface area contributed by atoms with Gasteiger partial charge in [0.2, 0.25) is 5.78 Å². The molecule has 0 fully saturated rings. The summed E-state index contributed by atoms with van der Waals surface area (Å²) in [5.74, 6) is 0.170. The topological polar surface area (TPSA) is 48.0 Å². The summed E-state index contributed by atoms with van der Waals surface area (Å²) in [6.07, 6.45) is 1.06. The van der Waals surface area contributed by atoms with Crippen LogP contribution in [0, 0.1) is 0 Å². The molecule has 0 aromatic carbocycles. The molecule has 0 saturated carbocycles. The number of nitrogens with zero attached hydrogens (tertiary/aromatic N) is 2. The number of halogens is 2. The Bertz CT molecular complexity index is 604. The Morgan fingerprint density at radius 2 is 2.21 bits per heavy atom. The smallest absolute Gasteiger partial charge is 0.204 e. The number of carbonyl (C=O) groups excluding carboxylic acids is 1. The van der Waals surface area contributed by atoms with Crippen molar-refractivity contribution < 1.29 is 9.21 Å². The number of hydrogen-bond acceptors (Lipinski definition) is 3. The first-order chi connectivity index (χ1) is 9.06. The van der Waals surface area contributed by atoms with E-state index in [1.807, 2.05) is 18.5 Å². The molecule has 4 nitrogen and oxygen atoms in total. The van der Waals surface area contributed by atoms with E-state index >= 15 is 0 Å². The Hall–Kier alpha value is -1.07. The summed E-state index contributed by atoms with van der Waals surface area (Å²) in [6, 6.07) is 3.16. The molecule has 0 aliphatic heterocycles. The summed E-state index contributed by atoms with van der Waals surface area (Å²) < 4.78 is 7.88. The van der Waals surface area contributed by atoms with Gasteiger partial charge in [0.25, 0.3) is 0 Å². The molecule has 2 rings (SSSR count). The standard InChI is InChI=1S/C13H14BrClN2O2/c1-3-8-13(14)9(17(4-2)16-8)7-10(18)11-5-6-12(15)19-11/h5-6H,3-4,7H2,1-2H3. The minimum absolute atomic E-state index is 0.107. The number of furan rings is 1. The summed E-state index contributed by atoms with van der Waals surface area (Å²) >= 11 is 9.20. The molecule has 0 bridgehead atoms. The van der Waals surface area contributed by atoms with Crippen LogP contribution in [0.1, 0.15) is 35.8 Å². The molecule has 0 amide bonds. The van der Waals surface area contributed by atoms with E-state index in [0.29, 0.717) is 0 Å². The zero-order chi connectivity index (χ0) is 14.0. The maximum absolute atomic E-state index is 12.1. The molecule has 0 aliphatic carbocycles. The Kier molecular flexibility index (Phi) is 4.47. The predicted octanol–water partition coefficient (Wildman–Crippen LogP) is 3.90. The molecule has 6 heteroatoms. The first-order valence-electron chi connectivity index (χ1n) is 6.09. The number of carbonyl (C=O) groups is 1. The zero-order valence-corrected chi connectivity index (χ0v) is 13.1. The first kappa shape index (κ1) is 14.3. The van der Waals surface area contributed by atoms with Gasteiger partial charge in [-0.1, -0.05) is 6.92 Å². The minimum Gasteiger partial charge on any atom is -0.442 e. The van der Waals surface area contributed by atoms with Gasteiger partial charge in [-0.3, -0.25) is 9.48 Å². The van der Waals surface area contributed by atoms with Gasteiger partial charge in [-0.2, -0.15) is 5.10 Å². The number of aryl methyl sites for hydroxylation is 2. The average Bonchev–Trinajstić information content (AvgIpc) is 2.95. The quantitative estimate of drug-likeness (QED) is 0.772. The molecule has 2 aromatic rings. The normalized spacial score (nSPS) is 10.9. The van der Waals surface area contributed by atoms with E-state index in [4.69, 9.17) is 16.0 Å². The summed E-state index contributed by atoms with van der Waals surface area (Å²) in [5.41, 5.74) is 1.83. The van der Waals surface area contributed by atoms with Crippen LogP contribution in [0.4, 0.5) is 0 Å². The van der Waals surface area contributed by atoms with Crippen molar-refractivity contribution in [2.24, 2.45) is 0 Å². The first-order valence-corrected chi connectivity index (χ1v) is 7.26. The molecule has 0 unspecified atom stereocenters. The molecule has 0 radical (unpaired) electrons. The SMILES string of the molecule is CCc1nn(CC)c(CC(=O)c2ccc(Cl)o2)c1Br. The molecular weight excluding hydrogens is 332 g/mol. The average molecular weight is 346 g/mol. The van der Waals surface area contributed by atoms with Gasteiger partial charge in [0.05, 0.1) is 22.3 Å². The van der Waals surface area contributed by atoms with E-state index in [1.165, 1.54) is 0 Å². The monoisotopic (exact) mass is 344 g/mol. The highest BCUT2D eigenvalue weighted by Gasteiger charge is 2.19. The van der Waals surface area contributed by atoms with Gasteiger partial charge in [0.1, 0.15) is 0 Å². The Morgan fingerprint density at radius 3 is 2.74 bits per heavy atom. The number of rotatable bonds is 5. The molecule has 102 valence electrons. The van der Waals surface area contributed by atoms with E-state index in [9.17, 15) is 4.79 Å². The van der Waals surface area contributed by atoms with Gasteiger partial charge >= 0.3 is 0 Å². The van der Waals surface area contributed by atoms with Crippen LogP contribution >= 0.6 is 27.5 Å². The molecule has 19 heavy (non-hydrogen) atoms. The van der Waals surface area contributed by atoms with Gasteiger partial charge in [0.15, 0.2) is 11.0 Å². The fraction of sp³-hybridized carbons (Fsp3) is 0.385. The van der Waals surface area contributed by atoms with E-state index in [1.54, 1.807) is 12.1 Å². The van der Waals surface area contributed by atoms with Crippen molar-refractivity contribution in [3.8, 4) is 0 Å². The van der Waals surface area contributed by atoms with Gasteiger partial charge in [0, 0.05) is 6.54 Å². The molecule has 0 atom stereocenters. The van der Waals surface area contributed by atoms with E-state index < -0.39 is 0 Å². The highest BCUT2D eigenvalue weighted by atomic mass is 79.9. The van der Waals surface area contributed by atoms with Crippen LogP contribution in [0.2, 0.25) is 5.22 Å². The van der Waals surface area contributed by atoms with E-state index in [0.717, 1.165) is 28.8 Å². The van der Waals surface area contributed by atoms with E-state index in [2.05, 4.69) is 21.0 Å². The summed E-state index contributed by atoms with van der Waals surface area (Å²) in [7, 11) is 0. The Labute approximate surface area is 124 Å². The highest BCUT2D eigenvalue weighted by Crippen LogP contribution is 2.24. The van der Waals surface area contributed by atoms with Crippen LogP contribution in [0.25, 0.3) is 0 Å². The fourth-order valence-electron chi connectivity index (χ4n) is 1.89. The van der Waals surface area contributed by atoms with Crippen LogP contribution < -0.4 is 0 Å². The molecular formula is C13H14BrClN2O2. The van der Waals surface area contributed by atoms with Crippen molar-refractivity contribution in [3.63, 3.8) is 0 Å². The van der Waals surface area contributed by atoms with Crippen LogP contribution in [0.15, 0.2) is 21.0 Å². The minimum atomic E-state index is -0.107. The van der Waals surface area contributed by atoms with Gasteiger partial charge < -0.3 is 4.42 Å². The van der Waals surface area contributed by atoms with Gasteiger partial charge in [-0.05, 0) is 53.0 Å². The van der Waals surface area contributed by atoms with Crippen LogP contribution in [0.3, 0.4) is 0 Å². The lowest BCUT2D eigenvalue weighted by Crippen LogP contribution is -2.09. The molecule has 0 spiro atoms. The van der Waals surface area contributed by atoms with Crippen LogP contribution in [-0.2, 0) is 19.4 Å². The maximum Gasteiger partial charge on any atom is 0.204 e. The zero-order valence-electron chi connectivity index (χ0n) is 10.7. The molecule has 0 saturated heterocycles. The maximum atomic E-state index is 12.1. The van der Waals surface area contributed by atoms with Gasteiger partial charge in [-0.25, -0.2) is 0 Å². The third-order valence-electron chi connectivity index (χ3n) is 2.87. The van der Waals surface area contributed by atoms with Crippen LogP contribution in [-0.4, -0.2) is 15.6 Å². The number of Topliss-reactive ketones (excluding diaryl/α,β-unsaturated/α-hetero) is 1. The van der Waals surface area contributed by atoms with Crippen molar-refractivity contribution in [2.45, 2.75) is 33.2 Å². The lowest BCUT2D eigenvalue weighted by molar-refractivity contribution is 0.0964. The Balaban J connectivity index is 2.28. The third-order valence-corrected chi connectivity index (χ3v) is 3.99. The van der Waals surface area contributed by atoms with Crippen molar-refractivity contribution >= 4 is 33.3 Å². The molecule has 0 N–H and O–H groups in total. The number of aromatic nitrogens is 2. The summed E-state index contributed by atoms with van der Waals surface area (Å²) in [6.45, 7) is 4.75. The Morgan fingerprint density at radius 1 is 1.47 bits per heavy atom. The summed E-state index contributed by atoms with van der Waals surface area (Å²) in [5, 5.41) is 4.68. The van der Waals surface area contributed by atoms with Crippen LogP contribution in [0.5, 0.6) is 0 Å². The second-order valence-corrected chi connectivity index (χ2v) is 5.25. The number of hydrogen-bond donors (Lipinski definition) is 0. The highest BCUT2D eigenvalue weighted by molar-refractivity contribution is 9.10. The molecule has 2 heterocycles. The summed E-state index contributed by atoms with van der Waals surface area (Å²) in [4.78, 5) is 12.1. The fourth-order valence-corrected chi connectivity index (χ4v) is 2.74. The third kappa shape index (κ3) is 2.92. The van der Waals surface area contributed by atoms with E-state index in [-0.39, 0.29) is 23.2 Å². The second-order valence-electron chi connectivity index (χ2n) is 4.08. The lowest BCUT2D eigenvalue weighted by Gasteiger charge is -2.03.